The minimum atomic E-state index is -0.226. The van der Waals surface area contributed by atoms with Gasteiger partial charge in [0.25, 0.3) is 0 Å². The number of aromatic nitrogens is 3. The summed E-state index contributed by atoms with van der Waals surface area (Å²) < 4.78 is 2.70. The van der Waals surface area contributed by atoms with Gasteiger partial charge in [0.2, 0.25) is 5.91 Å². The summed E-state index contributed by atoms with van der Waals surface area (Å²) in [6.45, 7) is 5.11. The average Bonchev–Trinajstić information content (AvgIpc) is 2.85. The SMILES string of the molecule is CCN(C)C(=O)C(C)NCc1cnc2cnc(Br)cn12. The lowest BCUT2D eigenvalue weighted by Gasteiger charge is -2.20. The highest BCUT2D eigenvalue weighted by Gasteiger charge is 2.16. The molecule has 1 unspecified atom stereocenters. The zero-order valence-corrected chi connectivity index (χ0v) is 13.4. The van der Waals surface area contributed by atoms with Gasteiger partial charge in [-0.1, -0.05) is 0 Å². The lowest BCUT2D eigenvalue weighted by molar-refractivity contribution is -0.131. The van der Waals surface area contributed by atoms with Crippen molar-refractivity contribution in [3.05, 3.63) is 28.9 Å². The van der Waals surface area contributed by atoms with Crippen LogP contribution in [0.2, 0.25) is 0 Å². The van der Waals surface area contributed by atoms with E-state index >= 15 is 0 Å². The Morgan fingerprint density at radius 3 is 2.95 bits per heavy atom. The third kappa shape index (κ3) is 3.16. The van der Waals surface area contributed by atoms with Crippen molar-refractivity contribution in [2.24, 2.45) is 0 Å². The summed E-state index contributed by atoms with van der Waals surface area (Å²) in [5, 5.41) is 3.22. The molecule has 2 heterocycles. The summed E-state index contributed by atoms with van der Waals surface area (Å²) >= 11 is 3.34. The smallest absolute Gasteiger partial charge is 0.239 e. The quantitative estimate of drug-likeness (QED) is 0.895. The fourth-order valence-corrected chi connectivity index (χ4v) is 2.19. The zero-order chi connectivity index (χ0) is 14.7. The molecule has 1 amide bonds. The number of amides is 1. The van der Waals surface area contributed by atoms with Crippen LogP contribution in [0.1, 0.15) is 19.5 Å². The Morgan fingerprint density at radius 2 is 2.25 bits per heavy atom. The molecule has 0 aliphatic carbocycles. The van der Waals surface area contributed by atoms with Gasteiger partial charge < -0.3 is 10.2 Å². The van der Waals surface area contributed by atoms with Crippen LogP contribution in [-0.2, 0) is 11.3 Å². The number of nitrogens with zero attached hydrogens (tertiary/aromatic N) is 4. The van der Waals surface area contributed by atoms with Crippen LogP contribution in [0.3, 0.4) is 0 Å². The second-order valence-corrected chi connectivity index (χ2v) is 5.46. The first-order valence-electron chi connectivity index (χ1n) is 6.48. The molecule has 20 heavy (non-hydrogen) atoms. The summed E-state index contributed by atoms with van der Waals surface area (Å²) in [7, 11) is 1.80. The molecule has 1 N–H and O–H groups in total. The van der Waals surface area contributed by atoms with E-state index in [0.29, 0.717) is 13.1 Å². The van der Waals surface area contributed by atoms with Crippen LogP contribution in [0, 0.1) is 0 Å². The molecule has 0 saturated carbocycles. The van der Waals surface area contributed by atoms with E-state index in [4.69, 9.17) is 0 Å². The predicted octanol–water partition coefficient (Wildman–Crippen LogP) is 1.45. The number of nitrogens with one attached hydrogen (secondary N) is 1. The maximum atomic E-state index is 12.0. The lowest BCUT2D eigenvalue weighted by Crippen LogP contribution is -2.42. The highest BCUT2D eigenvalue weighted by atomic mass is 79.9. The standard InChI is InChI=1S/C13H18BrN5O/c1-4-18(3)13(20)9(2)15-5-10-6-17-12-7-16-11(14)8-19(10)12/h6-9,15H,4-5H2,1-3H3. The molecule has 0 bridgehead atoms. The average molecular weight is 340 g/mol. The number of carbonyl (C=O) groups excluding carboxylic acids is 1. The summed E-state index contributed by atoms with van der Waals surface area (Å²) in [4.78, 5) is 22.1. The minimum absolute atomic E-state index is 0.0872. The van der Waals surface area contributed by atoms with Crippen LogP contribution in [0.4, 0.5) is 0 Å². The number of halogens is 1. The largest absolute Gasteiger partial charge is 0.345 e. The number of hydrogen-bond donors (Lipinski definition) is 1. The Morgan fingerprint density at radius 1 is 1.50 bits per heavy atom. The fraction of sp³-hybridized carbons (Fsp3) is 0.462. The normalized spacial score (nSPS) is 12.6. The monoisotopic (exact) mass is 339 g/mol. The predicted molar refractivity (Wildman–Crippen MR) is 80.3 cm³/mol. The first-order chi connectivity index (χ1) is 9.52. The molecule has 0 aliphatic heterocycles. The molecular weight excluding hydrogens is 322 g/mol. The number of rotatable bonds is 5. The minimum Gasteiger partial charge on any atom is -0.345 e. The van der Waals surface area contributed by atoms with Crippen molar-refractivity contribution in [1.82, 2.24) is 24.6 Å². The molecular formula is C13H18BrN5O. The van der Waals surface area contributed by atoms with Crippen LogP contribution in [0.5, 0.6) is 0 Å². The molecule has 6 nitrogen and oxygen atoms in total. The second kappa shape index (κ2) is 6.32. The van der Waals surface area contributed by atoms with Crippen molar-refractivity contribution >= 4 is 27.5 Å². The van der Waals surface area contributed by atoms with E-state index in [0.717, 1.165) is 15.9 Å². The molecule has 2 aromatic rings. The highest BCUT2D eigenvalue weighted by molar-refractivity contribution is 9.10. The van der Waals surface area contributed by atoms with Gasteiger partial charge in [0.1, 0.15) is 4.60 Å². The molecule has 0 aromatic carbocycles. The summed E-state index contributed by atoms with van der Waals surface area (Å²) in [6, 6.07) is -0.226. The molecule has 7 heteroatoms. The van der Waals surface area contributed by atoms with Crippen molar-refractivity contribution < 1.29 is 4.79 Å². The summed E-state index contributed by atoms with van der Waals surface area (Å²) in [5.41, 5.74) is 1.77. The topological polar surface area (TPSA) is 62.5 Å². The van der Waals surface area contributed by atoms with E-state index in [2.05, 4.69) is 31.2 Å². The van der Waals surface area contributed by atoms with Crippen molar-refractivity contribution in [1.29, 1.82) is 0 Å². The van der Waals surface area contributed by atoms with E-state index in [9.17, 15) is 4.79 Å². The third-order valence-electron chi connectivity index (χ3n) is 3.25. The molecule has 0 saturated heterocycles. The summed E-state index contributed by atoms with van der Waals surface area (Å²) in [5.74, 6) is 0.0872. The van der Waals surface area contributed by atoms with Crippen LogP contribution in [0.25, 0.3) is 5.65 Å². The van der Waals surface area contributed by atoms with Gasteiger partial charge in [0.15, 0.2) is 5.65 Å². The van der Waals surface area contributed by atoms with Crippen LogP contribution in [-0.4, -0.2) is 44.8 Å². The van der Waals surface area contributed by atoms with Crippen LogP contribution in [0.15, 0.2) is 23.2 Å². The fourth-order valence-electron chi connectivity index (χ4n) is 1.88. The maximum absolute atomic E-state index is 12.0. The second-order valence-electron chi connectivity index (χ2n) is 4.64. The van der Waals surface area contributed by atoms with E-state index < -0.39 is 0 Å². The first-order valence-corrected chi connectivity index (χ1v) is 7.28. The molecule has 1 atom stereocenters. The van der Waals surface area contributed by atoms with Gasteiger partial charge >= 0.3 is 0 Å². The van der Waals surface area contributed by atoms with Gasteiger partial charge in [0, 0.05) is 26.3 Å². The maximum Gasteiger partial charge on any atom is 0.239 e. The zero-order valence-electron chi connectivity index (χ0n) is 11.8. The van der Waals surface area contributed by atoms with Crippen LogP contribution >= 0.6 is 15.9 Å². The Labute approximate surface area is 126 Å². The van der Waals surface area contributed by atoms with E-state index in [-0.39, 0.29) is 11.9 Å². The van der Waals surface area contributed by atoms with Gasteiger partial charge in [-0.2, -0.15) is 0 Å². The van der Waals surface area contributed by atoms with Gasteiger partial charge in [0.05, 0.1) is 24.1 Å². The number of hydrogen-bond acceptors (Lipinski definition) is 4. The molecule has 0 radical (unpaired) electrons. The number of imidazole rings is 1. The third-order valence-corrected chi connectivity index (χ3v) is 3.66. The Balaban J connectivity index is 2.06. The van der Waals surface area contributed by atoms with Gasteiger partial charge in [-0.05, 0) is 29.8 Å². The molecule has 0 fully saturated rings. The summed E-state index contributed by atoms with van der Waals surface area (Å²) in [6.07, 6.45) is 5.36. The Hall–Kier alpha value is -1.47. The van der Waals surface area contributed by atoms with Crippen molar-refractivity contribution in [2.75, 3.05) is 13.6 Å². The van der Waals surface area contributed by atoms with E-state index in [1.54, 1.807) is 24.3 Å². The number of carbonyl (C=O) groups is 1. The van der Waals surface area contributed by atoms with Gasteiger partial charge in [-0.25, -0.2) is 9.97 Å². The van der Waals surface area contributed by atoms with Gasteiger partial charge in [-0.15, -0.1) is 0 Å². The van der Waals surface area contributed by atoms with Crippen molar-refractivity contribution in [2.45, 2.75) is 26.4 Å². The van der Waals surface area contributed by atoms with Crippen molar-refractivity contribution in [3.63, 3.8) is 0 Å². The number of likely N-dealkylation sites (N-methyl/N-ethyl adjacent to an activating group) is 1. The van der Waals surface area contributed by atoms with Crippen molar-refractivity contribution in [3.8, 4) is 0 Å². The Bertz CT molecular complexity index is 612. The van der Waals surface area contributed by atoms with Crippen LogP contribution < -0.4 is 5.32 Å². The Kier molecular flexibility index (Phi) is 4.72. The first kappa shape index (κ1) is 14.9. The van der Waals surface area contributed by atoms with Gasteiger partial charge in [-0.3, -0.25) is 9.20 Å². The molecule has 108 valence electrons. The van der Waals surface area contributed by atoms with E-state index in [1.165, 1.54) is 0 Å². The lowest BCUT2D eigenvalue weighted by atomic mass is 10.3. The van der Waals surface area contributed by atoms with E-state index in [1.807, 2.05) is 24.4 Å². The molecule has 2 rings (SSSR count). The molecule has 2 aromatic heterocycles. The highest BCUT2D eigenvalue weighted by Crippen LogP contribution is 2.10. The number of fused-ring (bicyclic) bond motifs is 1. The molecule has 0 spiro atoms. The molecule has 0 aliphatic rings.